The molecule has 0 spiro atoms. The van der Waals surface area contributed by atoms with Crippen molar-refractivity contribution >= 4 is 0 Å². The average Bonchev–Trinajstić information content (AvgIpc) is 2.47. The number of aromatic nitrogens is 1. The monoisotopic (exact) mass is 276 g/mol. The van der Waals surface area contributed by atoms with Gasteiger partial charge in [0.05, 0.1) is 0 Å². The third-order valence-corrected chi connectivity index (χ3v) is 3.45. The Morgan fingerprint density at radius 2 is 1.75 bits per heavy atom. The van der Waals surface area contributed by atoms with Crippen LogP contribution in [0.15, 0.2) is 42.7 Å². The summed E-state index contributed by atoms with van der Waals surface area (Å²) >= 11 is 0. The largest absolute Gasteiger partial charge is 0.317 e. The van der Waals surface area contributed by atoms with Gasteiger partial charge in [-0.2, -0.15) is 0 Å². The Balaban J connectivity index is 1.99. The lowest BCUT2D eigenvalue weighted by Crippen LogP contribution is -2.29. The molecule has 2 aromatic rings. The molecule has 0 amide bonds. The van der Waals surface area contributed by atoms with Crippen molar-refractivity contribution in [3.8, 4) is 0 Å². The van der Waals surface area contributed by atoms with Crippen molar-refractivity contribution < 1.29 is 8.78 Å². The SMILES string of the molecule is CNC(CCc1ccncc1)Cc1c(F)cccc1F. The number of nitrogens with one attached hydrogen (secondary N) is 1. The molecule has 0 aliphatic carbocycles. The minimum absolute atomic E-state index is 0.0366. The molecule has 1 unspecified atom stereocenters. The van der Waals surface area contributed by atoms with Crippen LogP contribution in [0.25, 0.3) is 0 Å². The lowest BCUT2D eigenvalue weighted by atomic mass is 9.99. The van der Waals surface area contributed by atoms with Crippen LogP contribution in [-0.4, -0.2) is 18.1 Å². The summed E-state index contributed by atoms with van der Waals surface area (Å²) in [5.74, 6) is -0.955. The zero-order valence-corrected chi connectivity index (χ0v) is 11.4. The van der Waals surface area contributed by atoms with Crippen LogP contribution in [-0.2, 0) is 12.8 Å². The summed E-state index contributed by atoms with van der Waals surface area (Å²) in [7, 11) is 1.82. The molecule has 4 heteroatoms. The summed E-state index contributed by atoms with van der Waals surface area (Å²) in [6.45, 7) is 0. The van der Waals surface area contributed by atoms with Gasteiger partial charge in [0.15, 0.2) is 0 Å². The molecular weight excluding hydrogens is 258 g/mol. The van der Waals surface area contributed by atoms with E-state index in [1.54, 1.807) is 12.4 Å². The van der Waals surface area contributed by atoms with E-state index in [0.29, 0.717) is 6.42 Å². The zero-order chi connectivity index (χ0) is 14.4. The molecule has 1 aromatic carbocycles. The van der Waals surface area contributed by atoms with Crippen molar-refractivity contribution in [3.63, 3.8) is 0 Å². The lowest BCUT2D eigenvalue weighted by Gasteiger charge is -2.17. The Bertz CT molecular complexity index is 523. The maximum atomic E-state index is 13.6. The minimum Gasteiger partial charge on any atom is -0.317 e. The predicted molar refractivity (Wildman–Crippen MR) is 75.5 cm³/mol. The molecule has 1 atom stereocenters. The molecule has 1 heterocycles. The van der Waals surface area contributed by atoms with Gasteiger partial charge >= 0.3 is 0 Å². The summed E-state index contributed by atoms with van der Waals surface area (Å²) in [6, 6.07) is 7.93. The number of likely N-dealkylation sites (N-methyl/N-ethyl adjacent to an activating group) is 1. The Kier molecular flexibility index (Phi) is 5.18. The number of pyridine rings is 1. The Morgan fingerprint density at radius 3 is 2.35 bits per heavy atom. The van der Waals surface area contributed by atoms with Gasteiger partial charge in [-0.1, -0.05) is 6.07 Å². The first-order valence-corrected chi connectivity index (χ1v) is 6.69. The third kappa shape index (κ3) is 3.84. The van der Waals surface area contributed by atoms with Crippen LogP contribution >= 0.6 is 0 Å². The van der Waals surface area contributed by atoms with Crippen molar-refractivity contribution in [2.75, 3.05) is 7.05 Å². The molecule has 1 aromatic heterocycles. The number of hydrogen-bond donors (Lipinski definition) is 1. The quantitative estimate of drug-likeness (QED) is 0.877. The maximum absolute atomic E-state index is 13.6. The summed E-state index contributed by atoms with van der Waals surface area (Å²) in [6.07, 6.45) is 5.51. The lowest BCUT2D eigenvalue weighted by molar-refractivity contribution is 0.483. The highest BCUT2D eigenvalue weighted by atomic mass is 19.1. The molecule has 2 rings (SSSR count). The van der Waals surface area contributed by atoms with Gasteiger partial charge in [-0.3, -0.25) is 4.98 Å². The molecule has 20 heavy (non-hydrogen) atoms. The highest BCUT2D eigenvalue weighted by molar-refractivity contribution is 5.21. The van der Waals surface area contributed by atoms with Gasteiger partial charge in [0.25, 0.3) is 0 Å². The van der Waals surface area contributed by atoms with Gasteiger partial charge in [0.2, 0.25) is 0 Å². The molecule has 0 radical (unpaired) electrons. The van der Waals surface area contributed by atoms with Crippen LogP contribution in [0.2, 0.25) is 0 Å². The molecule has 0 aliphatic heterocycles. The van der Waals surface area contributed by atoms with Gasteiger partial charge in [0, 0.05) is 24.0 Å². The normalized spacial score (nSPS) is 12.3. The maximum Gasteiger partial charge on any atom is 0.129 e. The van der Waals surface area contributed by atoms with E-state index in [0.717, 1.165) is 12.8 Å². The van der Waals surface area contributed by atoms with Crippen LogP contribution in [0.1, 0.15) is 17.5 Å². The minimum atomic E-state index is -0.478. The molecule has 0 saturated heterocycles. The Morgan fingerprint density at radius 1 is 1.10 bits per heavy atom. The average molecular weight is 276 g/mol. The van der Waals surface area contributed by atoms with Gasteiger partial charge in [-0.15, -0.1) is 0 Å². The number of aryl methyl sites for hydroxylation is 1. The van der Waals surface area contributed by atoms with Crippen LogP contribution in [0, 0.1) is 11.6 Å². The summed E-state index contributed by atoms with van der Waals surface area (Å²) in [5.41, 5.74) is 1.33. The second kappa shape index (κ2) is 7.10. The van der Waals surface area contributed by atoms with Crippen LogP contribution in [0.5, 0.6) is 0 Å². The van der Waals surface area contributed by atoms with Gasteiger partial charge in [-0.25, -0.2) is 8.78 Å². The van der Waals surface area contributed by atoms with Crippen LogP contribution < -0.4 is 5.32 Å². The zero-order valence-electron chi connectivity index (χ0n) is 11.4. The highest BCUT2D eigenvalue weighted by Crippen LogP contribution is 2.16. The van der Waals surface area contributed by atoms with Crippen molar-refractivity contribution in [1.82, 2.24) is 10.3 Å². The van der Waals surface area contributed by atoms with E-state index >= 15 is 0 Å². The van der Waals surface area contributed by atoms with Gasteiger partial charge in [0.1, 0.15) is 11.6 Å². The molecule has 0 aliphatic rings. The van der Waals surface area contributed by atoms with E-state index in [1.807, 2.05) is 19.2 Å². The molecule has 106 valence electrons. The first-order chi connectivity index (χ1) is 9.70. The van der Waals surface area contributed by atoms with Crippen molar-refractivity contribution in [1.29, 1.82) is 0 Å². The van der Waals surface area contributed by atoms with E-state index in [9.17, 15) is 8.78 Å². The molecule has 2 nitrogen and oxygen atoms in total. The van der Waals surface area contributed by atoms with E-state index < -0.39 is 11.6 Å². The molecular formula is C16H18F2N2. The second-order valence-corrected chi connectivity index (χ2v) is 4.78. The number of halogens is 2. The first-order valence-electron chi connectivity index (χ1n) is 6.69. The molecule has 1 N–H and O–H groups in total. The summed E-state index contributed by atoms with van der Waals surface area (Å²) in [4.78, 5) is 3.97. The smallest absolute Gasteiger partial charge is 0.129 e. The Labute approximate surface area is 117 Å². The van der Waals surface area contributed by atoms with Gasteiger partial charge < -0.3 is 5.32 Å². The second-order valence-electron chi connectivity index (χ2n) is 4.78. The number of rotatable bonds is 6. The van der Waals surface area contributed by atoms with Gasteiger partial charge in [-0.05, 0) is 56.1 Å². The molecule has 0 saturated carbocycles. The fraction of sp³-hybridized carbons (Fsp3) is 0.312. The van der Waals surface area contributed by atoms with Crippen molar-refractivity contribution in [2.24, 2.45) is 0 Å². The molecule has 0 bridgehead atoms. The van der Waals surface area contributed by atoms with E-state index in [2.05, 4.69) is 10.3 Å². The third-order valence-electron chi connectivity index (χ3n) is 3.45. The topological polar surface area (TPSA) is 24.9 Å². The van der Waals surface area contributed by atoms with Crippen LogP contribution in [0.3, 0.4) is 0 Å². The molecule has 0 fully saturated rings. The fourth-order valence-corrected chi connectivity index (χ4v) is 2.21. The first kappa shape index (κ1) is 14.6. The summed E-state index contributed by atoms with van der Waals surface area (Å²) in [5, 5.41) is 3.13. The van der Waals surface area contributed by atoms with Crippen LogP contribution in [0.4, 0.5) is 8.78 Å². The highest BCUT2D eigenvalue weighted by Gasteiger charge is 2.14. The fourth-order valence-electron chi connectivity index (χ4n) is 2.21. The van der Waals surface area contributed by atoms with Crippen molar-refractivity contribution in [3.05, 3.63) is 65.5 Å². The standard InChI is InChI=1S/C16H18F2N2/c1-19-13(6-5-12-7-9-20-10-8-12)11-14-15(17)3-2-4-16(14)18/h2-4,7-10,13,19H,5-6,11H2,1H3. The summed E-state index contributed by atoms with van der Waals surface area (Å²) < 4.78 is 27.3. The Hall–Kier alpha value is -1.81. The number of nitrogens with zero attached hydrogens (tertiary/aromatic N) is 1. The van der Waals surface area contributed by atoms with Crippen molar-refractivity contribution in [2.45, 2.75) is 25.3 Å². The number of benzene rings is 1. The van der Waals surface area contributed by atoms with E-state index in [1.165, 1.54) is 23.8 Å². The predicted octanol–water partition coefficient (Wildman–Crippen LogP) is 3.12. The van der Waals surface area contributed by atoms with E-state index in [-0.39, 0.29) is 11.6 Å². The number of hydrogen-bond acceptors (Lipinski definition) is 2. The van der Waals surface area contributed by atoms with E-state index in [4.69, 9.17) is 0 Å².